The van der Waals surface area contributed by atoms with Crippen LogP contribution < -0.4 is 5.46 Å². The molecule has 3 nitrogen and oxygen atoms in total. The van der Waals surface area contributed by atoms with E-state index in [1.807, 2.05) is 6.07 Å². The Morgan fingerprint density at radius 2 is 1.88 bits per heavy atom. The number of benzene rings is 1. The molecule has 6 rings (SSSR count). The first-order chi connectivity index (χ1) is 15.2. The van der Waals surface area contributed by atoms with Crippen molar-refractivity contribution < 1.29 is 13.7 Å². The van der Waals surface area contributed by atoms with E-state index in [0.717, 1.165) is 29.2 Å². The van der Waals surface area contributed by atoms with Gasteiger partial charge in [0.2, 0.25) is 0 Å². The normalized spacial score (nSPS) is 34.1. The van der Waals surface area contributed by atoms with Crippen LogP contribution in [-0.2, 0) is 20.2 Å². The zero-order valence-electron chi connectivity index (χ0n) is 21.8. The molecule has 1 aromatic carbocycles. The Kier molecular flexibility index (Phi) is 5.79. The zero-order chi connectivity index (χ0) is 24.0. The first kappa shape index (κ1) is 24.4. The fourth-order valence-electron chi connectivity index (χ4n) is 6.51. The van der Waals surface area contributed by atoms with Crippen LogP contribution in [0, 0.1) is 23.2 Å². The van der Waals surface area contributed by atoms with Crippen LogP contribution in [0.5, 0.6) is 0 Å². The molecule has 0 aromatic heterocycles. The van der Waals surface area contributed by atoms with Crippen molar-refractivity contribution in [3.63, 3.8) is 0 Å². The van der Waals surface area contributed by atoms with Crippen LogP contribution in [0.15, 0.2) is 18.2 Å². The smallest absolute Gasteiger partial charge is 0.413 e. The number of hydrogen-bond acceptors (Lipinski definition) is 3. The molecule has 1 unspecified atom stereocenters. The quantitative estimate of drug-likeness (QED) is 0.421. The summed E-state index contributed by atoms with van der Waals surface area (Å²) in [5.41, 5.74) is 2.51. The Hall–Kier alpha value is -0.328. The van der Waals surface area contributed by atoms with Gasteiger partial charge in [0.25, 0.3) is 0 Å². The molecule has 1 saturated heterocycles. The van der Waals surface area contributed by atoms with Gasteiger partial charge in [0.1, 0.15) is 0 Å². The Morgan fingerprint density at radius 1 is 1.18 bits per heavy atom. The molecule has 33 heavy (non-hydrogen) atoms. The second kappa shape index (κ2) is 7.83. The van der Waals surface area contributed by atoms with E-state index in [9.17, 15) is 0 Å². The van der Waals surface area contributed by atoms with Gasteiger partial charge in [-0.15, -0.1) is 0 Å². The van der Waals surface area contributed by atoms with E-state index < -0.39 is 8.32 Å². The van der Waals surface area contributed by atoms with Crippen LogP contribution >= 0.6 is 11.6 Å². The first-order valence-electron chi connectivity index (χ1n) is 13.0. The molecule has 182 valence electrons. The lowest BCUT2D eigenvalue weighted by Gasteiger charge is -2.64. The Bertz CT molecular complexity index is 924. The van der Waals surface area contributed by atoms with Crippen molar-refractivity contribution in [3.05, 3.63) is 28.8 Å². The van der Waals surface area contributed by atoms with E-state index in [4.69, 9.17) is 25.3 Å². The molecule has 1 aromatic rings. The van der Waals surface area contributed by atoms with Gasteiger partial charge in [-0.05, 0) is 103 Å². The second-order valence-electron chi connectivity index (χ2n) is 13.6. The maximum atomic E-state index is 6.97. The predicted octanol–water partition coefficient (Wildman–Crippen LogP) is 6.62. The third-order valence-corrected chi connectivity index (χ3v) is 14.9. The highest BCUT2D eigenvalue weighted by Crippen LogP contribution is 2.65. The molecule has 4 aliphatic carbocycles. The molecule has 1 heterocycles. The molecule has 6 heteroatoms. The summed E-state index contributed by atoms with van der Waals surface area (Å²) in [5.74, 6) is 1.97. The fourth-order valence-corrected chi connectivity index (χ4v) is 8.08. The van der Waals surface area contributed by atoms with Crippen LogP contribution in [0.1, 0.15) is 72.8 Å². The summed E-state index contributed by atoms with van der Waals surface area (Å²) < 4.78 is 20.4. The number of halogens is 1. The van der Waals surface area contributed by atoms with Crippen molar-refractivity contribution in [2.24, 2.45) is 23.2 Å². The van der Waals surface area contributed by atoms with Gasteiger partial charge >= 0.3 is 7.12 Å². The highest BCUT2D eigenvalue weighted by molar-refractivity contribution is 6.74. The van der Waals surface area contributed by atoms with Crippen molar-refractivity contribution in [1.29, 1.82) is 0 Å². The van der Waals surface area contributed by atoms with Crippen LogP contribution in [0.3, 0.4) is 0 Å². The van der Waals surface area contributed by atoms with Gasteiger partial charge in [0.15, 0.2) is 8.32 Å². The van der Waals surface area contributed by atoms with Gasteiger partial charge in [-0.3, -0.25) is 0 Å². The summed E-state index contributed by atoms with van der Waals surface area (Å²) in [5, 5.41) is 0.956. The molecular weight excluding hydrogens is 447 g/mol. The minimum Gasteiger partial charge on any atom is -0.413 e. The molecular formula is C27H42BClO3Si. The van der Waals surface area contributed by atoms with Crippen LogP contribution in [-0.4, -0.2) is 33.2 Å². The average Bonchev–Trinajstić information content (AvgIpc) is 3.48. The highest BCUT2D eigenvalue weighted by atomic mass is 35.5. The topological polar surface area (TPSA) is 27.7 Å². The number of hydrogen-bond donors (Lipinski definition) is 0. The minimum absolute atomic E-state index is 0.175. The molecule has 5 atom stereocenters. The van der Waals surface area contributed by atoms with E-state index in [1.54, 1.807) is 0 Å². The molecule has 4 saturated carbocycles. The zero-order valence-corrected chi connectivity index (χ0v) is 23.6. The van der Waals surface area contributed by atoms with Gasteiger partial charge in [-0.1, -0.05) is 52.3 Å². The van der Waals surface area contributed by atoms with Crippen LogP contribution in [0.2, 0.25) is 23.2 Å². The summed E-state index contributed by atoms with van der Waals surface area (Å²) >= 11 is 6.51. The van der Waals surface area contributed by atoms with E-state index in [2.05, 4.69) is 66.8 Å². The SMILES string of the molecule is CC1(C)[C@@H]2C[C@H]3OB(c4cc(Cl)ccc4CC(O[Si](C)(C)C(C)(C)C)C4CC4)O[C@@]3(C)[C@H]1C2. The van der Waals surface area contributed by atoms with Crippen molar-refractivity contribution in [2.75, 3.05) is 0 Å². The molecule has 0 spiro atoms. The maximum Gasteiger partial charge on any atom is 0.494 e. The summed E-state index contributed by atoms with van der Waals surface area (Å²) in [6.45, 7) is 18.8. The highest BCUT2D eigenvalue weighted by Gasteiger charge is 2.68. The third-order valence-electron chi connectivity index (χ3n) is 10.1. The molecule has 5 fully saturated rings. The van der Waals surface area contributed by atoms with E-state index >= 15 is 0 Å². The van der Waals surface area contributed by atoms with Crippen molar-refractivity contribution in [2.45, 2.75) is 110 Å². The third kappa shape index (κ3) is 4.08. The monoisotopic (exact) mass is 488 g/mol. The van der Waals surface area contributed by atoms with Gasteiger partial charge < -0.3 is 13.7 Å². The van der Waals surface area contributed by atoms with E-state index in [0.29, 0.717) is 17.3 Å². The largest absolute Gasteiger partial charge is 0.494 e. The standard InChI is InChI=1S/C27H42BClO3Si/c1-25(2,3)33(7,8)31-22(17-9-10-17)13-18-11-12-20(29)16-21(18)28-30-24-15-19-14-23(26(19,4)5)27(24,6)32-28/h11-12,16-17,19,22-24H,9-10,13-15H2,1-8H3/t19-,22?,23-,24+,27-/m0/s1. The minimum atomic E-state index is -1.85. The summed E-state index contributed by atoms with van der Waals surface area (Å²) in [4.78, 5) is 0. The summed E-state index contributed by atoms with van der Waals surface area (Å²) in [6.07, 6.45) is 6.26. The van der Waals surface area contributed by atoms with Gasteiger partial charge in [-0.25, -0.2) is 0 Å². The lowest BCUT2D eigenvalue weighted by atomic mass is 9.43. The number of rotatable bonds is 6. The Morgan fingerprint density at radius 3 is 2.48 bits per heavy atom. The molecule has 0 amide bonds. The average molecular weight is 489 g/mol. The Labute approximate surface area is 207 Å². The van der Waals surface area contributed by atoms with Crippen molar-refractivity contribution in [1.82, 2.24) is 0 Å². The van der Waals surface area contributed by atoms with Gasteiger partial charge in [0.05, 0.1) is 17.8 Å². The lowest BCUT2D eigenvalue weighted by Crippen LogP contribution is -2.65. The lowest BCUT2D eigenvalue weighted by molar-refractivity contribution is -0.199. The second-order valence-corrected chi connectivity index (χ2v) is 18.8. The molecule has 0 N–H and O–H groups in total. The van der Waals surface area contributed by atoms with Gasteiger partial charge in [-0.2, -0.15) is 0 Å². The predicted molar refractivity (Wildman–Crippen MR) is 140 cm³/mol. The van der Waals surface area contributed by atoms with Crippen LogP contribution in [0.25, 0.3) is 0 Å². The van der Waals surface area contributed by atoms with Gasteiger partial charge in [0, 0.05) is 5.02 Å². The summed E-state index contributed by atoms with van der Waals surface area (Å²) in [7, 11) is -2.19. The summed E-state index contributed by atoms with van der Waals surface area (Å²) in [6, 6.07) is 6.28. The van der Waals surface area contributed by atoms with Crippen molar-refractivity contribution >= 4 is 32.5 Å². The van der Waals surface area contributed by atoms with E-state index in [-0.39, 0.29) is 30.0 Å². The molecule has 5 aliphatic rings. The molecule has 0 radical (unpaired) electrons. The molecule has 1 aliphatic heterocycles. The first-order valence-corrected chi connectivity index (χ1v) is 16.3. The fraction of sp³-hybridized carbons (Fsp3) is 0.778. The molecule has 2 bridgehead atoms. The van der Waals surface area contributed by atoms with E-state index in [1.165, 1.54) is 24.8 Å². The Balaban J connectivity index is 1.40. The maximum absolute atomic E-state index is 6.97. The van der Waals surface area contributed by atoms with Crippen molar-refractivity contribution in [3.8, 4) is 0 Å². The van der Waals surface area contributed by atoms with Crippen LogP contribution in [0.4, 0.5) is 0 Å².